The summed E-state index contributed by atoms with van der Waals surface area (Å²) in [6, 6.07) is 8.52. The Labute approximate surface area is 136 Å². The van der Waals surface area contributed by atoms with Crippen molar-refractivity contribution in [2.75, 3.05) is 7.05 Å². The maximum atomic E-state index is 12.4. The van der Waals surface area contributed by atoms with Gasteiger partial charge >= 0.3 is 6.03 Å². The van der Waals surface area contributed by atoms with Gasteiger partial charge in [0.1, 0.15) is 0 Å². The molecule has 1 fully saturated rings. The van der Waals surface area contributed by atoms with Crippen molar-refractivity contribution in [2.24, 2.45) is 5.92 Å². The summed E-state index contributed by atoms with van der Waals surface area (Å²) in [5.41, 5.74) is 1.12. The van der Waals surface area contributed by atoms with Crippen LogP contribution in [0.25, 0.3) is 0 Å². The average molecular weight is 353 g/mol. The van der Waals surface area contributed by atoms with Crippen molar-refractivity contribution >= 4 is 22.0 Å². The first-order valence-electron chi connectivity index (χ1n) is 7.76. The zero-order chi connectivity index (χ0) is 15.4. The number of hydrogen-bond donors (Lipinski definition) is 1. The largest absolute Gasteiger partial charge is 0.331 e. The molecule has 0 saturated heterocycles. The number of nitrogens with zero attached hydrogens (tertiary/aromatic N) is 1. The van der Waals surface area contributed by atoms with Crippen LogP contribution in [0.4, 0.5) is 4.79 Å². The fraction of sp³-hybridized carbons (Fsp3) is 0.588. The molecule has 116 valence electrons. The monoisotopic (exact) mass is 352 g/mol. The summed E-state index contributed by atoms with van der Waals surface area (Å²) < 4.78 is 1.05. The normalized spacial score (nSPS) is 23.4. The number of benzene rings is 1. The molecule has 1 saturated carbocycles. The smallest absolute Gasteiger partial charge is 0.317 e. The van der Waals surface area contributed by atoms with Gasteiger partial charge in [0.2, 0.25) is 0 Å². The first kappa shape index (κ1) is 16.3. The lowest BCUT2D eigenvalue weighted by Crippen LogP contribution is -2.45. The molecule has 0 aliphatic heterocycles. The van der Waals surface area contributed by atoms with Gasteiger partial charge in [0.05, 0.1) is 6.04 Å². The molecule has 0 radical (unpaired) electrons. The van der Waals surface area contributed by atoms with Gasteiger partial charge in [0.15, 0.2) is 0 Å². The van der Waals surface area contributed by atoms with Gasteiger partial charge in [-0.05, 0) is 43.4 Å². The first-order valence-corrected chi connectivity index (χ1v) is 8.55. The van der Waals surface area contributed by atoms with Crippen LogP contribution in [0.15, 0.2) is 28.7 Å². The second-order valence-electron chi connectivity index (χ2n) is 6.26. The van der Waals surface area contributed by atoms with Crippen LogP contribution in [-0.4, -0.2) is 24.0 Å². The van der Waals surface area contributed by atoms with E-state index in [1.807, 2.05) is 43.1 Å². The van der Waals surface area contributed by atoms with Crippen LogP contribution in [-0.2, 0) is 0 Å². The van der Waals surface area contributed by atoms with Crippen LogP contribution in [0, 0.1) is 5.92 Å². The van der Waals surface area contributed by atoms with E-state index in [9.17, 15) is 4.79 Å². The number of urea groups is 1. The summed E-state index contributed by atoms with van der Waals surface area (Å²) in [5, 5.41) is 3.10. The van der Waals surface area contributed by atoms with E-state index in [1.54, 1.807) is 0 Å². The van der Waals surface area contributed by atoms with E-state index < -0.39 is 0 Å². The van der Waals surface area contributed by atoms with Crippen LogP contribution in [0.2, 0.25) is 0 Å². The van der Waals surface area contributed by atoms with E-state index in [4.69, 9.17) is 0 Å². The predicted octanol–water partition coefficient (Wildman–Crippen LogP) is 4.73. The van der Waals surface area contributed by atoms with Gasteiger partial charge in [-0.1, -0.05) is 47.8 Å². The summed E-state index contributed by atoms with van der Waals surface area (Å²) in [6.45, 7) is 4.31. The van der Waals surface area contributed by atoms with Gasteiger partial charge in [-0.3, -0.25) is 0 Å². The fourth-order valence-corrected chi connectivity index (χ4v) is 3.31. The number of nitrogens with one attached hydrogen (secondary N) is 1. The van der Waals surface area contributed by atoms with E-state index >= 15 is 0 Å². The van der Waals surface area contributed by atoms with Crippen molar-refractivity contribution in [1.29, 1.82) is 0 Å². The number of carbonyl (C=O) groups is 1. The van der Waals surface area contributed by atoms with Crippen LogP contribution < -0.4 is 5.32 Å². The Hall–Kier alpha value is -1.03. The third-order valence-corrected chi connectivity index (χ3v) is 5.02. The molecule has 4 heteroatoms. The molecule has 1 aliphatic carbocycles. The van der Waals surface area contributed by atoms with E-state index in [0.29, 0.717) is 6.04 Å². The predicted molar refractivity (Wildman–Crippen MR) is 90.3 cm³/mol. The van der Waals surface area contributed by atoms with Crippen LogP contribution in [0.5, 0.6) is 0 Å². The number of carbonyl (C=O) groups excluding carboxylic acids is 1. The van der Waals surface area contributed by atoms with Gasteiger partial charge in [0.25, 0.3) is 0 Å². The lowest BCUT2D eigenvalue weighted by Gasteiger charge is -2.34. The quantitative estimate of drug-likeness (QED) is 0.837. The van der Waals surface area contributed by atoms with E-state index in [2.05, 4.69) is 28.2 Å². The molecule has 3 atom stereocenters. The van der Waals surface area contributed by atoms with Gasteiger partial charge in [-0.25, -0.2) is 4.79 Å². The third-order valence-electron chi connectivity index (χ3n) is 4.49. The van der Waals surface area contributed by atoms with Crippen LogP contribution >= 0.6 is 15.9 Å². The maximum absolute atomic E-state index is 12.4. The molecule has 1 aromatic rings. The Kier molecular flexibility index (Phi) is 5.68. The molecule has 1 aromatic carbocycles. The number of hydrogen-bond acceptors (Lipinski definition) is 1. The molecule has 1 aliphatic rings. The Bertz CT molecular complexity index is 474. The molecule has 3 unspecified atom stereocenters. The van der Waals surface area contributed by atoms with Crippen molar-refractivity contribution in [1.82, 2.24) is 10.2 Å². The zero-order valence-corrected chi connectivity index (χ0v) is 14.7. The Morgan fingerprint density at radius 2 is 2.00 bits per heavy atom. The van der Waals surface area contributed by atoms with Gasteiger partial charge < -0.3 is 10.2 Å². The molecule has 2 amide bonds. The molecule has 1 N–H and O–H groups in total. The SMILES string of the molecule is CC1CCCC(N(C)C(=O)NC(C)c2ccc(Br)cc2)C1. The van der Waals surface area contributed by atoms with Crippen molar-refractivity contribution in [3.05, 3.63) is 34.3 Å². The van der Waals surface area contributed by atoms with Crippen molar-refractivity contribution < 1.29 is 4.79 Å². The fourth-order valence-electron chi connectivity index (χ4n) is 3.04. The second-order valence-corrected chi connectivity index (χ2v) is 7.17. The molecule has 2 rings (SSSR count). The van der Waals surface area contributed by atoms with E-state index in [0.717, 1.165) is 28.8 Å². The minimum Gasteiger partial charge on any atom is -0.331 e. The highest BCUT2D eigenvalue weighted by atomic mass is 79.9. The summed E-state index contributed by atoms with van der Waals surface area (Å²) in [6.07, 6.45) is 4.77. The average Bonchev–Trinajstić information content (AvgIpc) is 2.47. The van der Waals surface area contributed by atoms with E-state index in [1.165, 1.54) is 12.8 Å². The molecule has 0 spiro atoms. The Balaban J connectivity index is 1.92. The molecule has 3 nitrogen and oxygen atoms in total. The lowest BCUT2D eigenvalue weighted by molar-refractivity contribution is 0.158. The molecular weight excluding hydrogens is 328 g/mol. The highest BCUT2D eigenvalue weighted by Gasteiger charge is 2.26. The number of amides is 2. The van der Waals surface area contributed by atoms with Crippen LogP contribution in [0.1, 0.15) is 51.1 Å². The lowest BCUT2D eigenvalue weighted by atomic mass is 9.86. The minimum absolute atomic E-state index is 0.0223. The molecular formula is C17H25BrN2O. The minimum atomic E-state index is 0.0223. The van der Waals surface area contributed by atoms with Gasteiger partial charge in [-0.2, -0.15) is 0 Å². The summed E-state index contributed by atoms with van der Waals surface area (Å²) in [4.78, 5) is 14.3. The summed E-state index contributed by atoms with van der Waals surface area (Å²) in [5.74, 6) is 0.725. The molecule has 0 heterocycles. The number of halogens is 1. The summed E-state index contributed by atoms with van der Waals surface area (Å²) >= 11 is 3.43. The summed E-state index contributed by atoms with van der Waals surface area (Å²) in [7, 11) is 1.92. The molecule has 0 bridgehead atoms. The Morgan fingerprint density at radius 1 is 1.33 bits per heavy atom. The van der Waals surface area contributed by atoms with Crippen molar-refractivity contribution in [3.63, 3.8) is 0 Å². The molecule has 21 heavy (non-hydrogen) atoms. The number of rotatable bonds is 3. The second kappa shape index (κ2) is 7.30. The van der Waals surface area contributed by atoms with Gasteiger partial charge in [0, 0.05) is 17.6 Å². The van der Waals surface area contributed by atoms with Crippen molar-refractivity contribution in [2.45, 2.75) is 51.6 Å². The highest BCUT2D eigenvalue weighted by Crippen LogP contribution is 2.27. The zero-order valence-electron chi connectivity index (χ0n) is 13.1. The van der Waals surface area contributed by atoms with Gasteiger partial charge in [-0.15, -0.1) is 0 Å². The van der Waals surface area contributed by atoms with E-state index in [-0.39, 0.29) is 12.1 Å². The standard InChI is InChI=1S/C17H25BrN2O/c1-12-5-4-6-16(11-12)20(3)17(21)19-13(2)14-7-9-15(18)10-8-14/h7-10,12-13,16H,4-6,11H2,1-3H3,(H,19,21). The molecule has 0 aromatic heterocycles. The Morgan fingerprint density at radius 3 is 2.62 bits per heavy atom. The first-order chi connectivity index (χ1) is 9.97. The topological polar surface area (TPSA) is 32.3 Å². The highest BCUT2D eigenvalue weighted by molar-refractivity contribution is 9.10. The maximum Gasteiger partial charge on any atom is 0.317 e. The van der Waals surface area contributed by atoms with Crippen LogP contribution in [0.3, 0.4) is 0 Å². The van der Waals surface area contributed by atoms with Crippen molar-refractivity contribution in [3.8, 4) is 0 Å². The third kappa shape index (κ3) is 4.47.